The molecular weight excluding hydrogens is 472 g/mol. The number of rotatable bonds is 4. The molecular formula is C18H18BrClN2O3S2. The van der Waals surface area contributed by atoms with Crippen molar-refractivity contribution in [3.8, 4) is 0 Å². The Balaban J connectivity index is 1.37. The molecule has 2 atom stereocenters. The molecule has 1 aromatic heterocycles. The summed E-state index contributed by atoms with van der Waals surface area (Å²) >= 11 is 10.8. The molecule has 0 bridgehead atoms. The van der Waals surface area contributed by atoms with Crippen LogP contribution in [0.4, 0.5) is 0 Å². The van der Waals surface area contributed by atoms with Crippen molar-refractivity contribution in [1.29, 1.82) is 0 Å². The number of nitrogens with zero attached hydrogens (tertiary/aromatic N) is 2. The molecule has 1 saturated carbocycles. The number of piperazine rings is 1. The van der Waals surface area contributed by atoms with Crippen LogP contribution in [0, 0.1) is 5.92 Å². The Hall–Kier alpha value is -0.930. The van der Waals surface area contributed by atoms with Crippen LogP contribution in [-0.2, 0) is 14.8 Å². The molecule has 1 amide bonds. The zero-order chi connectivity index (χ0) is 19.2. The van der Waals surface area contributed by atoms with Crippen LogP contribution in [0.2, 0.25) is 5.02 Å². The lowest BCUT2D eigenvalue weighted by Gasteiger charge is -2.34. The van der Waals surface area contributed by atoms with E-state index in [9.17, 15) is 13.2 Å². The molecule has 9 heteroatoms. The van der Waals surface area contributed by atoms with E-state index >= 15 is 0 Å². The van der Waals surface area contributed by atoms with Crippen LogP contribution in [-0.4, -0.2) is 49.7 Å². The Morgan fingerprint density at radius 3 is 2.44 bits per heavy atom. The van der Waals surface area contributed by atoms with Gasteiger partial charge in [0.25, 0.3) is 10.0 Å². The van der Waals surface area contributed by atoms with Gasteiger partial charge in [-0.3, -0.25) is 4.79 Å². The highest BCUT2D eigenvalue weighted by atomic mass is 79.9. The minimum absolute atomic E-state index is 0.0405. The number of benzene rings is 1. The van der Waals surface area contributed by atoms with Crippen LogP contribution in [0.3, 0.4) is 0 Å². The van der Waals surface area contributed by atoms with Gasteiger partial charge in [-0.2, -0.15) is 4.31 Å². The van der Waals surface area contributed by atoms with Crippen LogP contribution in [0.1, 0.15) is 17.9 Å². The van der Waals surface area contributed by atoms with Crippen molar-refractivity contribution in [3.63, 3.8) is 0 Å². The Kier molecular flexibility index (Phi) is 5.37. The highest BCUT2D eigenvalue weighted by Crippen LogP contribution is 2.50. The molecule has 0 spiro atoms. The molecule has 2 fully saturated rings. The van der Waals surface area contributed by atoms with Gasteiger partial charge in [0.2, 0.25) is 5.91 Å². The summed E-state index contributed by atoms with van der Waals surface area (Å²) in [6, 6.07) is 11.0. The first-order chi connectivity index (χ1) is 12.9. The van der Waals surface area contributed by atoms with Crippen molar-refractivity contribution in [2.75, 3.05) is 26.2 Å². The molecule has 5 nitrogen and oxygen atoms in total. The van der Waals surface area contributed by atoms with E-state index in [0.717, 1.165) is 15.8 Å². The first-order valence-electron chi connectivity index (χ1n) is 8.66. The minimum Gasteiger partial charge on any atom is -0.340 e. The van der Waals surface area contributed by atoms with E-state index in [-0.39, 0.29) is 17.7 Å². The van der Waals surface area contributed by atoms with E-state index in [1.165, 1.54) is 15.6 Å². The Morgan fingerprint density at radius 2 is 1.81 bits per heavy atom. The molecule has 2 aliphatic rings. The predicted molar refractivity (Wildman–Crippen MR) is 110 cm³/mol. The quantitative estimate of drug-likeness (QED) is 0.656. The Bertz CT molecular complexity index is 970. The SMILES string of the molecule is O=C(C1CC1c1ccccc1Cl)N1CCN(S(=O)(=O)c2ccc(Br)s2)CC1. The van der Waals surface area contributed by atoms with Gasteiger partial charge in [0, 0.05) is 37.1 Å². The van der Waals surface area contributed by atoms with Crippen LogP contribution in [0.15, 0.2) is 44.4 Å². The highest BCUT2D eigenvalue weighted by molar-refractivity contribution is 9.11. The summed E-state index contributed by atoms with van der Waals surface area (Å²) in [5.41, 5.74) is 1.03. The van der Waals surface area contributed by atoms with Crippen molar-refractivity contribution < 1.29 is 13.2 Å². The van der Waals surface area contributed by atoms with Gasteiger partial charge in [-0.15, -0.1) is 11.3 Å². The minimum atomic E-state index is -3.49. The van der Waals surface area contributed by atoms with Crippen molar-refractivity contribution in [2.45, 2.75) is 16.5 Å². The number of amides is 1. The summed E-state index contributed by atoms with van der Waals surface area (Å²) in [6.45, 7) is 1.51. The topological polar surface area (TPSA) is 57.7 Å². The molecule has 1 aliphatic heterocycles. The van der Waals surface area contributed by atoms with Gasteiger partial charge in [0.15, 0.2) is 0 Å². The molecule has 2 heterocycles. The van der Waals surface area contributed by atoms with Gasteiger partial charge < -0.3 is 4.90 Å². The molecule has 27 heavy (non-hydrogen) atoms. The largest absolute Gasteiger partial charge is 0.340 e. The number of sulfonamides is 1. The molecule has 1 saturated heterocycles. The lowest BCUT2D eigenvalue weighted by atomic mass is 10.1. The maximum absolute atomic E-state index is 12.8. The second kappa shape index (κ2) is 7.48. The number of carbonyl (C=O) groups is 1. The lowest BCUT2D eigenvalue weighted by Crippen LogP contribution is -2.50. The molecule has 4 rings (SSSR count). The maximum atomic E-state index is 12.8. The monoisotopic (exact) mass is 488 g/mol. The molecule has 0 radical (unpaired) electrons. The van der Waals surface area contributed by atoms with Crippen LogP contribution in [0.25, 0.3) is 0 Å². The third-order valence-electron chi connectivity index (χ3n) is 5.11. The second-order valence-electron chi connectivity index (χ2n) is 6.76. The second-order valence-corrected chi connectivity index (χ2v) is 11.8. The van der Waals surface area contributed by atoms with Crippen LogP contribution < -0.4 is 0 Å². The van der Waals surface area contributed by atoms with E-state index < -0.39 is 10.0 Å². The van der Waals surface area contributed by atoms with Gasteiger partial charge in [-0.05, 0) is 52.0 Å². The molecule has 0 N–H and O–H groups in total. The first-order valence-corrected chi connectivity index (χ1v) is 12.1. The van der Waals surface area contributed by atoms with Crippen molar-refractivity contribution >= 4 is 54.8 Å². The summed E-state index contributed by atoms with van der Waals surface area (Å²) in [5.74, 6) is 0.244. The third-order valence-corrected chi connectivity index (χ3v) is 9.44. The fourth-order valence-corrected chi connectivity index (χ4v) is 7.40. The molecule has 1 aromatic carbocycles. The standard InChI is InChI=1S/C18H18BrClN2O3S2/c19-16-5-6-17(26-16)27(24,25)22-9-7-21(8-10-22)18(23)14-11-13(14)12-3-1-2-4-15(12)20/h1-6,13-14H,7-11H2. The summed E-state index contributed by atoms with van der Waals surface area (Å²) < 4.78 is 28.0. The van der Waals surface area contributed by atoms with Gasteiger partial charge >= 0.3 is 0 Å². The third kappa shape index (κ3) is 3.82. The summed E-state index contributed by atoms with van der Waals surface area (Å²) in [5, 5.41) is 0.704. The molecule has 2 aromatic rings. The van der Waals surface area contributed by atoms with E-state index in [4.69, 9.17) is 11.6 Å². The average Bonchev–Trinajstić information content (AvgIpc) is 3.33. The van der Waals surface area contributed by atoms with Gasteiger partial charge in [-0.1, -0.05) is 29.8 Å². The fraction of sp³-hybridized carbons (Fsp3) is 0.389. The Labute approximate surface area is 176 Å². The number of thiophene rings is 1. The van der Waals surface area contributed by atoms with Crippen molar-refractivity contribution in [3.05, 3.63) is 50.8 Å². The van der Waals surface area contributed by atoms with Gasteiger partial charge in [0.1, 0.15) is 4.21 Å². The zero-order valence-electron chi connectivity index (χ0n) is 14.3. The number of halogens is 2. The molecule has 1 aliphatic carbocycles. The van der Waals surface area contributed by atoms with Crippen LogP contribution in [0.5, 0.6) is 0 Å². The number of carbonyl (C=O) groups excluding carboxylic acids is 1. The smallest absolute Gasteiger partial charge is 0.252 e. The summed E-state index contributed by atoms with van der Waals surface area (Å²) in [4.78, 5) is 14.6. The molecule has 2 unspecified atom stereocenters. The van der Waals surface area contributed by atoms with Crippen LogP contribution >= 0.6 is 38.9 Å². The molecule has 144 valence electrons. The predicted octanol–water partition coefficient (Wildman–Crippen LogP) is 3.80. The summed E-state index contributed by atoms with van der Waals surface area (Å²) in [6.07, 6.45) is 0.810. The van der Waals surface area contributed by atoms with Gasteiger partial charge in [-0.25, -0.2) is 8.42 Å². The Morgan fingerprint density at radius 1 is 1.11 bits per heavy atom. The number of hydrogen-bond acceptors (Lipinski definition) is 4. The normalized spacial score (nSPS) is 23.4. The fourth-order valence-electron chi connectivity index (χ4n) is 3.53. The summed E-state index contributed by atoms with van der Waals surface area (Å²) in [7, 11) is -3.49. The van der Waals surface area contributed by atoms with Crippen molar-refractivity contribution in [1.82, 2.24) is 9.21 Å². The maximum Gasteiger partial charge on any atom is 0.252 e. The van der Waals surface area contributed by atoms with Gasteiger partial charge in [0.05, 0.1) is 3.79 Å². The highest BCUT2D eigenvalue weighted by Gasteiger charge is 2.47. The zero-order valence-corrected chi connectivity index (χ0v) is 18.3. The average molecular weight is 490 g/mol. The number of hydrogen-bond donors (Lipinski definition) is 0. The van der Waals surface area contributed by atoms with E-state index in [1.807, 2.05) is 24.3 Å². The first kappa shape index (κ1) is 19.4. The van der Waals surface area contributed by atoms with E-state index in [2.05, 4.69) is 15.9 Å². The van der Waals surface area contributed by atoms with Crippen molar-refractivity contribution in [2.24, 2.45) is 5.92 Å². The van der Waals surface area contributed by atoms with E-state index in [0.29, 0.717) is 35.4 Å². The van der Waals surface area contributed by atoms with E-state index in [1.54, 1.807) is 17.0 Å². The lowest BCUT2D eigenvalue weighted by molar-refractivity contribution is -0.133.